The van der Waals surface area contributed by atoms with Crippen molar-refractivity contribution in [2.45, 2.75) is 269 Å². The van der Waals surface area contributed by atoms with Crippen LogP contribution in [0.2, 0.25) is 0 Å². The van der Waals surface area contributed by atoms with Crippen molar-refractivity contribution >= 4 is 83.3 Å². The highest BCUT2D eigenvalue weighted by Gasteiger charge is 2.52. The number of aliphatic imine (C=N–C) groups is 1. The number of β-amino-alcohol motifs (C(OH)–C–C–N with tert-alkyl or cyclic N) is 1. The molecule has 35 nitrogen and oxygen atoms in total. The number of hydrogen-bond donors (Lipinski definition) is 5. The Morgan fingerprint density at radius 3 is 0.850 bits per heavy atom. The molecule has 0 bridgehead atoms. The molecule has 0 radical (unpaired) electrons. The number of isocyanates is 1. The first-order valence-corrected chi connectivity index (χ1v) is 50.8. The third-order valence-corrected chi connectivity index (χ3v) is 21.4. The number of carbonyl (C=O) groups is 13. The summed E-state index contributed by atoms with van der Waals surface area (Å²) in [5.41, 5.74) is 0.887. The number of rotatable bonds is 68. The highest BCUT2D eigenvalue weighted by Crippen LogP contribution is 2.33. The second-order valence-corrected chi connectivity index (χ2v) is 43.3. The van der Waals surface area contributed by atoms with E-state index in [4.69, 9.17) is 28.4 Å². The number of amides is 6. The zero-order chi connectivity index (χ0) is 107. The predicted octanol–water partition coefficient (Wildman–Crippen LogP) is 11.3. The summed E-state index contributed by atoms with van der Waals surface area (Å²) in [4.78, 5) is 203. The van der Waals surface area contributed by atoms with Crippen LogP contribution in [0.1, 0.15) is 232 Å². The first-order chi connectivity index (χ1) is 65.2. The number of esters is 5. The van der Waals surface area contributed by atoms with Gasteiger partial charge < -0.3 is 73.8 Å². The number of aliphatic hydroxyl groups is 3. The van der Waals surface area contributed by atoms with Crippen molar-refractivity contribution in [3.05, 3.63) is 48.6 Å². The van der Waals surface area contributed by atoms with E-state index in [1.165, 1.54) is 26.9 Å². The molecule has 2 rings (SSSR count). The molecule has 2 heterocycles. The molecule has 10 unspecified atom stereocenters. The molecule has 0 aliphatic carbocycles. The van der Waals surface area contributed by atoms with Gasteiger partial charge in [-0.2, -0.15) is 0 Å². The van der Waals surface area contributed by atoms with Gasteiger partial charge in [0.05, 0.1) is 57.6 Å². The number of nitrogens with one attached hydrogen (secondary N) is 2. The van der Waals surface area contributed by atoms with Gasteiger partial charge in [-0.1, -0.05) is 192 Å². The maximum Gasteiger partial charge on any atom is 0.407 e. The molecule has 2 aliphatic rings. The molecule has 6 amide bonds. The van der Waals surface area contributed by atoms with Gasteiger partial charge in [0.25, 0.3) is 0 Å². The lowest BCUT2D eigenvalue weighted by molar-refractivity contribution is -0.168. The second-order valence-electron chi connectivity index (χ2n) is 43.3. The maximum absolute atomic E-state index is 15.3. The molecule has 10 atom stereocenters. The largest absolute Gasteiger partial charge is 0.462 e. The van der Waals surface area contributed by atoms with Gasteiger partial charge in [0.15, 0.2) is 11.6 Å². The fraction of sp³-hybridized carbons (Fsp3) is 0.790. The van der Waals surface area contributed by atoms with Crippen LogP contribution in [0, 0.1) is 94.7 Å². The van der Waals surface area contributed by atoms with Gasteiger partial charge >= 0.3 is 42.0 Å². The van der Waals surface area contributed by atoms with Crippen molar-refractivity contribution in [2.75, 3.05) is 177 Å². The van der Waals surface area contributed by atoms with Gasteiger partial charge in [-0.25, -0.2) is 38.6 Å². The minimum Gasteiger partial charge on any atom is -0.462 e. The van der Waals surface area contributed by atoms with E-state index >= 15 is 14.4 Å². The first kappa shape index (κ1) is 131. The van der Waals surface area contributed by atoms with Crippen LogP contribution in [0.5, 0.6) is 0 Å². The molecular formula is C105H185N11O24. The smallest absolute Gasteiger partial charge is 0.407 e. The van der Waals surface area contributed by atoms with Gasteiger partial charge in [0.1, 0.15) is 61.8 Å². The fourth-order valence-electron chi connectivity index (χ4n) is 16.9. The van der Waals surface area contributed by atoms with Crippen LogP contribution in [0.3, 0.4) is 0 Å². The highest BCUT2D eigenvalue weighted by atomic mass is 16.6. The SMILES string of the molecule is C=C(C)C(=O)OCCCC(=O)OC(CN(CC(C)C)CC(C)C)CN1C(=O)C(CC(CN(CC(C)C)CC(C)C)OC(=O)NCCOC(=O)C(=C)C)C(=O)C(CC(CN(CC(C)C)CC(C)C)OC(=O)NCCOC(=O)C(=C)C)C1=O.C=C(C)C(=O)OCCN=C=O.CC(C)CN(CC(C)C)CC(O)CC1C(=O)C(CC(O)CN(CC(C)C)CC(C)C)C(=O)N(CC(O)CN(CC(C)C)CC(C)C)C1=O. The number of alkyl carbamates (subject to hydrolysis) is 2. The van der Waals surface area contributed by atoms with Crippen LogP contribution in [-0.4, -0.2) is 351 Å². The summed E-state index contributed by atoms with van der Waals surface area (Å²) in [6, 6.07) is 0. The van der Waals surface area contributed by atoms with Crippen LogP contribution >= 0.6 is 0 Å². The van der Waals surface area contributed by atoms with E-state index in [1.807, 2.05) is 83.1 Å². The maximum atomic E-state index is 15.3. The van der Waals surface area contributed by atoms with Crippen molar-refractivity contribution in [1.82, 2.24) is 49.8 Å². The lowest BCUT2D eigenvalue weighted by Crippen LogP contribution is -2.59. The molecule has 0 spiro atoms. The number of nitrogens with zero attached hydrogens (tertiary/aromatic N) is 9. The van der Waals surface area contributed by atoms with Crippen LogP contribution in [0.25, 0.3) is 0 Å². The van der Waals surface area contributed by atoms with E-state index < -0.39 is 144 Å². The summed E-state index contributed by atoms with van der Waals surface area (Å²) in [6.07, 6.45) is -7.67. The Morgan fingerprint density at radius 1 is 0.336 bits per heavy atom. The molecule has 35 heteroatoms. The molecule has 2 aliphatic heterocycles. The minimum absolute atomic E-state index is 0.0855. The monoisotopic (exact) mass is 1980 g/mol. The van der Waals surface area contributed by atoms with Crippen molar-refractivity contribution in [3.63, 3.8) is 0 Å². The number of ether oxygens (including phenoxy) is 7. The average molecular weight is 1990 g/mol. The topological polar surface area (TPSA) is 427 Å². The summed E-state index contributed by atoms with van der Waals surface area (Å²) < 4.78 is 38.4. The van der Waals surface area contributed by atoms with Gasteiger partial charge in [0, 0.05) is 159 Å². The van der Waals surface area contributed by atoms with Crippen molar-refractivity contribution in [2.24, 2.45) is 99.7 Å². The van der Waals surface area contributed by atoms with Crippen LogP contribution < -0.4 is 10.6 Å². The standard InChI is InChI=1S/C60H102N6O15.C38H74N4O6.C7H9NO3/c1-38(2)28-63(29-39(3)4)34-47(80-59(74)61-21-24-77-57(72)45(15)16)26-50-53(68)51(27-48(35-64(30-40(5)6)31-41(7)8)81-60(75)62-22-25-78-58(73)46(17)18)55(70)66(54(50)69)37-49(36-65(32-42(9)10)33-43(11)12)79-52(67)20-19-23-76-56(71)44(13)14;1-25(2)15-39(16-26(3)4)21-31(43)13-34-36(46)35(14-32(44)22-40(17-27(5)6)18-28(7)8)38(48)42(37(34)47)24-33(45)23-41(19-29(9)10)20-30(11)12;1-6(2)7(10)11-4-3-8-5-9/h38-43,47-51H,13,15,17,19-37H2,1-12,14,16,18H3,(H,61,74)(H,62,75);25-35,43-45H,13-24H2,1-12H3;1,3-4H2,2H3. The summed E-state index contributed by atoms with van der Waals surface area (Å²) >= 11 is 0. The Hall–Kier alpha value is -8.51. The Labute approximate surface area is 838 Å². The van der Waals surface area contributed by atoms with Gasteiger partial charge in [-0.3, -0.25) is 58.1 Å². The molecule has 2 fully saturated rings. The van der Waals surface area contributed by atoms with E-state index in [-0.39, 0.29) is 163 Å². The number of imide groups is 2. The third kappa shape index (κ3) is 58.9. The van der Waals surface area contributed by atoms with Crippen molar-refractivity contribution in [1.29, 1.82) is 0 Å². The Balaban J connectivity index is 0.00000274. The molecule has 140 heavy (non-hydrogen) atoms. The van der Waals surface area contributed by atoms with E-state index in [2.05, 4.69) is 159 Å². The van der Waals surface area contributed by atoms with Crippen LogP contribution in [0.4, 0.5) is 9.59 Å². The molecule has 2 saturated heterocycles. The summed E-state index contributed by atoms with van der Waals surface area (Å²) in [7, 11) is 0. The molecule has 0 saturated carbocycles. The predicted molar refractivity (Wildman–Crippen MR) is 542 cm³/mol. The third-order valence-electron chi connectivity index (χ3n) is 21.4. The number of hydrogen-bond acceptors (Lipinski definition) is 31. The van der Waals surface area contributed by atoms with Gasteiger partial charge in [-0.05, 0) is 118 Å². The van der Waals surface area contributed by atoms with Crippen LogP contribution in [-0.2, 0) is 90.7 Å². The summed E-state index contributed by atoms with van der Waals surface area (Å²) in [5, 5.41) is 38.9. The zero-order valence-electron chi connectivity index (χ0n) is 90.8. The van der Waals surface area contributed by atoms with Crippen LogP contribution in [0.15, 0.2) is 53.6 Å². The van der Waals surface area contributed by atoms with E-state index in [9.17, 15) is 68.1 Å². The minimum atomic E-state index is -1.58. The van der Waals surface area contributed by atoms with E-state index in [0.717, 1.165) is 49.1 Å². The average Bonchev–Trinajstić information content (AvgIpc) is 0.774. The number of carbonyl (C=O) groups excluding carboxylic acids is 14. The Bertz CT molecular complexity index is 3430. The lowest BCUT2D eigenvalue weighted by Gasteiger charge is -2.39. The molecule has 0 aromatic rings. The lowest BCUT2D eigenvalue weighted by atomic mass is 9.80. The Morgan fingerprint density at radius 2 is 0.579 bits per heavy atom. The number of piperidine rings is 2. The molecule has 804 valence electrons. The number of likely N-dealkylation sites (tertiary alicyclic amines) is 2. The van der Waals surface area contributed by atoms with Gasteiger partial charge in [0.2, 0.25) is 29.7 Å². The van der Waals surface area contributed by atoms with Crippen molar-refractivity contribution < 1.29 is 116 Å². The highest BCUT2D eigenvalue weighted by molar-refractivity contribution is 6.21. The second kappa shape index (κ2) is 70.2. The first-order valence-electron chi connectivity index (χ1n) is 50.8. The Kier molecular flexibility index (Phi) is 66.0. The molecule has 5 N–H and O–H groups in total. The fourth-order valence-corrected chi connectivity index (χ4v) is 16.9. The number of aliphatic hydroxyl groups excluding tert-OH is 3. The van der Waals surface area contributed by atoms with Gasteiger partial charge in [-0.15, -0.1) is 0 Å². The number of ketones is 2. The van der Waals surface area contributed by atoms with E-state index in [0.29, 0.717) is 100.0 Å². The normalized spacial score (nSPS) is 16.7. The van der Waals surface area contributed by atoms with E-state index in [1.54, 1.807) is 6.92 Å². The molecular weight excluding hydrogens is 1800 g/mol. The zero-order valence-corrected chi connectivity index (χ0v) is 90.8. The molecule has 0 aromatic heterocycles. The number of Topliss-reactive ketones (excluding diaryl/α,β-unsaturated/α-hetero) is 2. The van der Waals surface area contributed by atoms with Crippen molar-refractivity contribution in [3.8, 4) is 0 Å². The summed E-state index contributed by atoms with van der Waals surface area (Å²) in [6.45, 7) is 78.2. The molecule has 0 aromatic carbocycles. The summed E-state index contributed by atoms with van der Waals surface area (Å²) in [5.74, 6) is -9.71. The quantitative estimate of drug-likeness (QED) is 0.00552.